The third-order valence-electron chi connectivity index (χ3n) is 4.43. The molecule has 1 aromatic heterocycles. The minimum absolute atomic E-state index is 0.178. The maximum atomic E-state index is 12.3. The lowest BCUT2D eigenvalue weighted by Crippen LogP contribution is -2.40. The number of hydrogen-bond donors (Lipinski definition) is 1. The van der Waals surface area contributed by atoms with E-state index in [4.69, 9.17) is 0 Å². The quantitative estimate of drug-likeness (QED) is 0.894. The Hall–Kier alpha value is -2.67. The van der Waals surface area contributed by atoms with Crippen molar-refractivity contribution in [1.82, 2.24) is 24.9 Å². The van der Waals surface area contributed by atoms with Gasteiger partial charge in [-0.2, -0.15) is 5.10 Å². The summed E-state index contributed by atoms with van der Waals surface area (Å²) in [6.07, 6.45) is 0. The maximum absolute atomic E-state index is 12.3. The number of nitrogens with one attached hydrogen (secondary N) is 1. The smallest absolute Gasteiger partial charge is 0.324 e. The first-order valence-corrected chi connectivity index (χ1v) is 8.34. The second-order valence-corrected chi connectivity index (χ2v) is 6.35. The molecule has 7 heteroatoms. The molecule has 7 nitrogen and oxygen atoms in total. The summed E-state index contributed by atoms with van der Waals surface area (Å²) in [7, 11) is 1.88. The van der Waals surface area contributed by atoms with Crippen molar-refractivity contribution >= 4 is 11.9 Å². The Morgan fingerprint density at radius 3 is 2.64 bits per heavy atom. The molecular weight excluding hydrogens is 318 g/mol. The number of nitrogens with zero attached hydrogens (tertiary/aromatic N) is 4. The molecule has 2 aromatic rings. The number of imide groups is 1. The van der Waals surface area contributed by atoms with Gasteiger partial charge in [0.15, 0.2) is 0 Å². The van der Waals surface area contributed by atoms with Crippen LogP contribution in [0.25, 0.3) is 5.69 Å². The minimum Gasteiger partial charge on any atom is -0.336 e. The van der Waals surface area contributed by atoms with Gasteiger partial charge in [-0.3, -0.25) is 14.6 Å². The van der Waals surface area contributed by atoms with Crippen LogP contribution >= 0.6 is 0 Å². The summed E-state index contributed by atoms with van der Waals surface area (Å²) in [5, 5.41) is 7.28. The van der Waals surface area contributed by atoms with Crippen molar-refractivity contribution in [3.05, 3.63) is 47.3 Å². The van der Waals surface area contributed by atoms with Crippen molar-refractivity contribution in [2.75, 3.05) is 26.7 Å². The Morgan fingerprint density at radius 2 is 2.00 bits per heavy atom. The molecular formula is C18H23N5O2. The van der Waals surface area contributed by atoms with Gasteiger partial charge in [-0.1, -0.05) is 18.2 Å². The zero-order valence-corrected chi connectivity index (χ0v) is 14.8. The molecule has 25 heavy (non-hydrogen) atoms. The fourth-order valence-corrected chi connectivity index (χ4v) is 3.08. The topological polar surface area (TPSA) is 70.5 Å². The normalized spacial score (nSPS) is 14.2. The van der Waals surface area contributed by atoms with Crippen LogP contribution in [0.5, 0.6) is 0 Å². The number of rotatable bonds is 5. The van der Waals surface area contributed by atoms with E-state index in [1.807, 2.05) is 60.8 Å². The minimum atomic E-state index is -0.303. The summed E-state index contributed by atoms with van der Waals surface area (Å²) in [6.45, 7) is 5.78. The number of carbonyl (C=O) groups excluding carboxylic acids is 2. The van der Waals surface area contributed by atoms with E-state index in [2.05, 4.69) is 10.4 Å². The molecule has 2 heterocycles. The van der Waals surface area contributed by atoms with E-state index in [1.165, 1.54) is 4.90 Å². The molecule has 0 radical (unpaired) electrons. The zero-order valence-electron chi connectivity index (χ0n) is 14.8. The number of carbonyl (C=O) groups is 2. The lowest BCUT2D eigenvalue weighted by molar-refractivity contribution is -0.128. The molecule has 132 valence electrons. The molecule has 0 bridgehead atoms. The first kappa shape index (κ1) is 17.2. The van der Waals surface area contributed by atoms with E-state index in [0.717, 1.165) is 22.6 Å². The number of urea groups is 1. The number of aromatic nitrogens is 2. The maximum Gasteiger partial charge on any atom is 0.324 e. The fraction of sp³-hybridized carbons (Fsp3) is 0.389. The highest BCUT2D eigenvalue weighted by Crippen LogP contribution is 2.19. The Kier molecular flexibility index (Phi) is 4.85. The van der Waals surface area contributed by atoms with Gasteiger partial charge in [-0.25, -0.2) is 9.48 Å². The molecule has 0 aliphatic carbocycles. The van der Waals surface area contributed by atoms with Crippen LogP contribution in [0.4, 0.5) is 4.79 Å². The van der Waals surface area contributed by atoms with E-state index in [0.29, 0.717) is 19.6 Å². The molecule has 1 N–H and O–H groups in total. The molecule has 1 aliphatic rings. The zero-order chi connectivity index (χ0) is 18.0. The highest BCUT2D eigenvalue weighted by atomic mass is 16.2. The Balaban J connectivity index is 1.71. The van der Waals surface area contributed by atoms with Gasteiger partial charge in [0.2, 0.25) is 5.91 Å². The predicted octanol–water partition coefficient (Wildman–Crippen LogP) is 1.47. The average molecular weight is 341 g/mol. The summed E-state index contributed by atoms with van der Waals surface area (Å²) in [4.78, 5) is 27.0. The Labute approximate surface area is 147 Å². The van der Waals surface area contributed by atoms with E-state index in [-0.39, 0.29) is 18.5 Å². The van der Waals surface area contributed by atoms with Crippen LogP contribution in [0.15, 0.2) is 30.3 Å². The molecule has 0 saturated carbocycles. The van der Waals surface area contributed by atoms with Crippen molar-refractivity contribution in [1.29, 1.82) is 0 Å². The SMILES string of the molecule is Cc1nn(-c2ccccc2)c(C)c1CN(C)CC(=O)N1CCNC1=O. The molecule has 1 aromatic carbocycles. The number of likely N-dealkylation sites (N-methyl/N-ethyl adjacent to an activating group) is 1. The number of benzene rings is 1. The van der Waals surface area contributed by atoms with Gasteiger partial charge < -0.3 is 5.32 Å². The first-order valence-electron chi connectivity index (χ1n) is 8.34. The molecule has 0 unspecified atom stereocenters. The van der Waals surface area contributed by atoms with Crippen LogP contribution in [0.2, 0.25) is 0 Å². The number of aryl methyl sites for hydroxylation is 1. The van der Waals surface area contributed by atoms with Crippen molar-refractivity contribution in [2.24, 2.45) is 0 Å². The van der Waals surface area contributed by atoms with Crippen molar-refractivity contribution in [2.45, 2.75) is 20.4 Å². The van der Waals surface area contributed by atoms with Crippen LogP contribution in [-0.2, 0) is 11.3 Å². The summed E-state index contributed by atoms with van der Waals surface area (Å²) in [5.74, 6) is -0.178. The van der Waals surface area contributed by atoms with Crippen LogP contribution in [-0.4, -0.2) is 58.2 Å². The lowest BCUT2D eigenvalue weighted by atomic mass is 10.2. The van der Waals surface area contributed by atoms with Gasteiger partial charge >= 0.3 is 6.03 Å². The van der Waals surface area contributed by atoms with Gasteiger partial charge in [0.25, 0.3) is 0 Å². The van der Waals surface area contributed by atoms with Crippen molar-refractivity contribution in [3.63, 3.8) is 0 Å². The van der Waals surface area contributed by atoms with Crippen molar-refractivity contribution < 1.29 is 9.59 Å². The third kappa shape index (κ3) is 3.56. The average Bonchev–Trinajstić information content (AvgIpc) is 3.14. The highest BCUT2D eigenvalue weighted by molar-refractivity contribution is 5.96. The Bertz CT molecular complexity index is 784. The van der Waals surface area contributed by atoms with Crippen LogP contribution in [0.1, 0.15) is 17.0 Å². The third-order valence-corrected chi connectivity index (χ3v) is 4.43. The van der Waals surface area contributed by atoms with Gasteiger partial charge in [0.1, 0.15) is 0 Å². The van der Waals surface area contributed by atoms with Crippen LogP contribution in [0, 0.1) is 13.8 Å². The number of hydrogen-bond acceptors (Lipinski definition) is 4. The van der Waals surface area contributed by atoms with E-state index in [9.17, 15) is 9.59 Å². The summed E-state index contributed by atoms with van der Waals surface area (Å²) < 4.78 is 1.92. The van der Waals surface area contributed by atoms with E-state index in [1.54, 1.807) is 0 Å². The van der Waals surface area contributed by atoms with E-state index < -0.39 is 0 Å². The molecule has 3 rings (SSSR count). The second kappa shape index (κ2) is 7.06. The molecule has 0 atom stereocenters. The molecule has 1 aliphatic heterocycles. The summed E-state index contributed by atoms with van der Waals surface area (Å²) >= 11 is 0. The molecule has 3 amide bonds. The van der Waals surface area contributed by atoms with Crippen molar-refractivity contribution in [3.8, 4) is 5.69 Å². The second-order valence-electron chi connectivity index (χ2n) is 6.35. The van der Waals surface area contributed by atoms with Gasteiger partial charge in [0, 0.05) is 30.9 Å². The number of amides is 3. The largest absolute Gasteiger partial charge is 0.336 e. The van der Waals surface area contributed by atoms with Gasteiger partial charge in [0.05, 0.1) is 17.9 Å². The summed E-state index contributed by atoms with van der Waals surface area (Å²) in [6, 6.07) is 9.67. The fourth-order valence-electron chi connectivity index (χ4n) is 3.08. The first-order chi connectivity index (χ1) is 12.0. The predicted molar refractivity (Wildman–Crippen MR) is 94.5 cm³/mol. The van der Waals surface area contributed by atoms with Gasteiger partial charge in [-0.15, -0.1) is 0 Å². The highest BCUT2D eigenvalue weighted by Gasteiger charge is 2.27. The lowest BCUT2D eigenvalue weighted by Gasteiger charge is -2.19. The molecule has 1 saturated heterocycles. The van der Waals surface area contributed by atoms with Gasteiger partial charge in [-0.05, 0) is 33.0 Å². The standard InChI is InChI=1S/C18H23N5O2/c1-13-16(14(2)23(20-13)15-7-5-4-6-8-15)11-21(3)12-17(24)22-10-9-19-18(22)25/h4-8H,9-12H2,1-3H3,(H,19,25). The van der Waals surface area contributed by atoms with Crippen LogP contribution < -0.4 is 5.32 Å². The monoisotopic (exact) mass is 341 g/mol. The molecule has 1 fully saturated rings. The number of para-hydroxylation sites is 1. The van der Waals surface area contributed by atoms with E-state index >= 15 is 0 Å². The Morgan fingerprint density at radius 1 is 1.28 bits per heavy atom. The summed E-state index contributed by atoms with van der Waals surface area (Å²) in [5.41, 5.74) is 4.12. The molecule has 0 spiro atoms. The van der Waals surface area contributed by atoms with Crippen LogP contribution in [0.3, 0.4) is 0 Å².